The number of terminal acetylenes is 1. The zero-order valence-corrected chi connectivity index (χ0v) is 7.26. The lowest BCUT2D eigenvalue weighted by molar-refractivity contribution is -0.116. The lowest BCUT2D eigenvalue weighted by Gasteiger charge is -1.97. The van der Waals surface area contributed by atoms with E-state index in [0.717, 1.165) is 0 Å². The summed E-state index contributed by atoms with van der Waals surface area (Å²) in [6.45, 7) is 2.31. The van der Waals surface area contributed by atoms with Crippen molar-refractivity contribution in [1.29, 1.82) is 0 Å². The van der Waals surface area contributed by atoms with Crippen LogP contribution in [-0.4, -0.2) is 12.5 Å². The Balaban J connectivity index is 2.33. The molecule has 1 fully saturated rings. The second-order valence-corrected chi connectivity index (χ2v) is 3.08. The highest BCUT2D eigenvalue weighted by Crippen LogP contribution is 2.35. The van der Waals surface area contributed by atoms with E-state index in [9.17, 15) is 4.79 Å². The first-order valence-electron chi connectivity index (χ1n) is 4.13. The van der Waals surface area contributed by atoms with Gasteiger partial charge in [0.25, 0.3) is 0 Å². The van der Waals surface area contributed by atoms with E-state index in [0.29, 0.717) is 12.5 Å². The molecule has 0 radical (unpaired) electrons. The maximum atomic E-state index is 11.1. The summed E-state index contributed by atoms with van der Waals surface area (Å²) in [7, 11) is 0. The number of rotatable bonds is 3. The van der Waals surface area contributed by atoms with Gasteiger partial charge in [0.15, 0.2) is 0 Å². The minimum atomic E-state index is -0.0719. The van der Waals surface area contributed by atoms with Crippen LogP contribution in [0, 0.1) is 18.3 Å². The highest BCUT2D eigenvalue weighted by molar-refractivity contribution is 5.88. The number of amides is 1. The molecule has 0 atom stereocenters. The normalized spacial score (nSPS) is 16.8. The highest BCUT2D eigenvalue weighted by atomic mass is 16.1. The Morgan fingerprint density at radius 1 is 1.75 bits per heavy atom. The predicted molar refractivity (Wildman–Crippen MR) is 48.3 cm³/mol. The molecule has 2 nitrogen and oxygen atoms in total. The van der Waals surface area contributed by atoms with Gasteiger partial charge in [-0.15, -0.1) is 6.42 Å². The average Bonchev–Trinajstić information content (AvgIpc) is 2.82. The van der Waals surface area contributed by atoms with Crippen LogP contribution < -0.4 is 5.32 Å². The molecule has 0 spiro atoms. The van der Waals surface area contributed by atoms with E-state index in [1.807, 2.05) is 6.92 Å². The lowest BCUT2D eigenvalue weighted by atomic mass is 10.2. The molecular weight excluding hydrogens is 150 g/mol. The molecule has 1 aliphatic rings. The van der Waals surface area contributed by atoms with Gasteiger partial charge in [-0.25, -0.2) is 0 Å². The monoisotopic (exact) mass is 163 g/mol. The largest absolute Gasteiger partial charge is 0.342 e. The molecule has 0 aromatic heterocycles. The van der Waals surface area contributed by atoms with Crippen LogP contribution in [0.2, 0.25) is 0 Å². The molecule has 0 aromatic rings. The van der Waals surface area contributed by atoms with Crippen molar-refractivity contribution >= 4 is 5.91 Å². The van der Waals surface area contributed by atoms with E-state index >= 15 is 0 Å². The number of carbonyl (C=O) groups is 1. The fourth-order valence-corrected chi connectivity index (χ4v) is 1.05. The zero-order valence-electron chi connectivity index (χ0n) is 7.26. The second kappa shape index (κ2) is 3.96. The number of hydrogen-bond acceptors (Lipinski definition) is 1. The van der Waals surface area contributed by atoms with Crippen LogP contribution in [-0.2, 0) is 4.79 Å². The molecule has 1 aliphatic carbocycles. The molecule has 0 bridgehead atoms. The zero-order chi connectivity index (χ0) is 8.97. The van der Waals surface area contributed by atoms with Gasteiger partial charge in [0, 0.05) is 6.08 Å². The van der Waals surface area contributed by atoms with Gasteiger partial charge in [-0.1, -0.05) is 11.5 Å². The molecule has 1 rings (SSSR count). The highest BCUT2D eigenvalue weighted by Gasteiger charge is 2.23. The molecule has 0 aromatic carbocycles. The number of allylic oxidation sites excluding steroid dienone is 1. The standard InChI is InChI=1S/C10H13NO/c1-3-6-11-10(12)7-8(2)9-4-5-9/h1,7,9H,4-6H2,2H3,(H,11,12)/b8-7+. The van der Waals surface area contributed by atoms with Crippen molar-refractivity contribution in [2.75, 3.05) is 6.54 Å². The Morgan fingerprint density at radius 3 is 2.92 bits per heavy atom. The Bertz CT molecular complexity index is 243. The van der Waals surface area contributed by atoms with Crippen molar-refractivity contribution in [3.05, 3.63) is 11.6 Å². The Kier molecular flexibility index (Phi) is 2.93. The quantitative estimate of drug-likeness (QED) is 0.490. The molecule has 12 heavy (non-hydrogen) atoms. The molecule has 0 heterocycles. The summed E-state index contributed by atoms with van der Waals surface area (Å²) in [5, 5.41) is 2.59. The predicted octanol–water partition coefficient (Wildman–Crippen LogP) is 1.09. The molecule has 1 saturated carbocycles. The molecular formula is C10H13NO. The maximum Gasteiger partial charge on any atom is 0.244 e. The van der Waals surface area contributed by atoms with E-state index in [-0.39, 0.29) is 5.91 Å². The van der Waals surface area contributed by atoms with Crippen molar-refractivity contribution in [1.82, 2.24) is 5.32 Å². The average molecular weight is 163 g/mol. The molecule has 0 aliphatic heterocycles. The van der Waals surface area contributed by atoms with Gasteiger partial charge in [-0.3, -0.25) is 4.79 Å². The summed E-state index contributed by atoms with van der Waals surface area (Å²) in [6, 6.07) is 0. The third-order valence-electron chi connectivity index (χ3n) is 1.94. The third kappa shape index (κ3) is 2.79. The molecule has 1 amide bonds. The van der Waals surface area contributed by atoms with Gasteiger partial charge in [0.2, 0.25) is 5.91 Å². The summed E-state index contributed by atoms with van der Waals surface area (Å²) in [5.74, 6) is 2.94. The van der Waals surface area contributed by atoms with Gasteiger partial charge in [-0.2, -0.15) is 0 Å². The summed E-state index contributed by atoms with van der Waals surface area (Å²) in [4.78, 5) is 11.1. The minimum absolute atomic E-state index is 0.0719. The van der Waals surface area contributed by atoms with Crippen molar-refractivity contribution in [2.24, 2.45) is 5.92 Å². The van der Waals surface area contributed by atoms with Crippen LogP contribution in [0.3, 0.4) is 0 Å². The van der Waals surface area contributed by atoms with Crippen molar-refractivity contribution in [3.63, 3.8) is 0 Å². The number of nitrogens with one attached hydrogen (secondary N) is 1. The van der Waals surface area contributed by atoms with Crippen LogP contribution in [0.4, 0.5) is 0 Å². The van der Waals surface area contributed by atoms with Gasteiger partial charge in [0.1, 0.15) is 0 Å². The molecule has 64 valence electrons. The first-order valence-corrected chi connectivity index (χ1v) is 4.13. The van der Waals surface area contributed by atoms with Crippen molar-refractivity contribution < 1.29 is 4.79 Å². The fraction of sp³-hybridized carbons (Fsp3) is 0.500. The topological polar surface area (TPSA) is 29.1 Å². The first kappa shape index (κ1) is 8.86. The van der Waals surface area contributed by atoms with Crippen LogP contribution in [0.15, 0.2) is 11.6 Å². The Labute approximate surface area is 73.0 Å². The van der Waals surface area contributed by atoms with Crippen LogP contribution in [0.25, 0.3) is 0 Å². The Morgan fingerprint density at radius 2 is 2.42 bits per heavy atom. The smallest absolute Gasteiger partial charge is 0.244 e. The van der Waals surface area contributed by atoms with Gasteiger partial charge < -0.3 is 5.32 Å². The van der Waals surface area contributed by atoms with Gasteiger partial charge in [0.05, 0.1) is 6.54 Å². The minimum Gasteiger partial charge on any atom is -0.342 e. The van der Waals surface area contributed by atoms with E-state index in [4.69, 9.17) is 6.42 Å². The van der Waals surface area contributed by atoms with E-state index < -0.39 is 0 Å². The number of carbonyl (C=O) groups excluding carboxylic acids is 1. The molecule has 0 saturated heterocycles. The summed E-state index contributed by atoms with van der Waals surface area (Å²) in [5.41, 5.74) is 1.17. The molecule has 2 heteroatoms. The van der Waals surface area contributed by atoms with Gasteiger partial charge in [-0.05, 0) is 25.7 Å². The second-order valence-electron chi connectivity index (χ2n) is 3.08. The maximum absolute atomic E-state index is 11.1. The summed E-state index contributed by atoms with van der Waals surface area (Å²) >= 11 is 0. The van der Waals surface area contributed by atoms with Gasteiger partial charge >= 0.3 is 0 Å². The van der Waals surface area contributed by atoms with E-state index in [1.165, 1.54) is 18.4 Å². The van der Waals surface area contributed by atoms with E-state index in [1.54, 1.807) is 6.08 Å². The summed E-state index contributed by atoms with van der Waals surface area (Å²) < 4.78 is 0. The molecule has 1 N–H and O–H groups in total. The lowest BCUT2D eigenvalue weighted by Crippen LogP contribution is -2.21. The SMILES string of the molecule is C#CCNC(=O)/C=C(\C)C1CC1. The Hall–Kier alpha value is -1.23. The van der Waals surface area contributed by atoms with Crippen LogP contribution in [0.5, 0.6) is 0 Å². The van der Waals surface area contributed by atoms with E-state index in [2.05, 4.69) is 11.2 Å². The first-order chi connectivity index (χ1) is 5.74. The van der Waals surface area contributed by atoms with Crippen LogP contribution >= 0.6 is 0 Å². The molecule has 0 unspecified atom stereocenters. The van der Waals surface area contributed by atoms with Crippen LogP contribution in [0.1, 0.15) is 19.8 Å². The number of hydrogen-bond donors (Lipinski definition) is 1. The fourth-order valence-electron chi connectivity index (χ4n) is 1.05. The van der Waals surface area contributed by atoms with Crippen molar-refractivity contribution in [2.45, 2.75) is 19.8 Å². The summed E-state index contributed by atoms with van der Waals surface area (Å²) in [6.07, 6.45) is 9.10. The van der Waals surface area contributed by atoms with Crippen molar-refractivity contribution in [3.8, 4) is 12.3 Å². The third-order valence-corrected chi connectivity index (χ3v) is 1.94.